The maximum Gasteiger partial charge on any atom is 0.234 e. The number of carbonyl (C=O) groups excluding carboxylic acids is 2. The van der Waals surface area contributed by atoms with Crippen LogP contribution < -0.4 is 5.32 Å². The van der Waals surface area contributed by atoms with Crippen molar-refractivity contribution in [1.82, 2.24) is 15.1 Å². The molecule has 1 aliphatic heterocycles. The Morgan fingerprint density at radius 1 is 1.05 bits per heavy atom. The van der Waals surface area contributed by atoms with Crippen molar-refractivity contribution in [3.8, 4) is 0 Å². The summed E-state index contributed by atoms with van der Waals surface area (Å²) in [7, 11) is 0. The Morgan fingerprint density at radius 3 is 2.32 bits per heavy atom. The fraction of sp³-hybridized carbons (Fsp3) is 0.857. The highest BCUT2D eigenvalue weighted by Gasteiger charge is 2.21. The van der Waals surface area contributed by atoms with Crippen molar-refractivity contribution >= 4 is 11.8 Å². The predicted octanol–water partition coefficient (Wildman–Crippen LogP) is 0.847. The third kappa shape index (κ3) is 6.05. The lowest BCUT2D eigenvalue weighted by Crippen LogP contribution is -2.51. The average Bonchev–Trinajstić information content (AvgIpc) is 2.43. The van der Waals surface area contributed by atoms with Crippen LogP contribution >= 0.6 is 0 Å². The van der Waals surface area contributed by atoms with Gasteiger partial charge in [0.15, 0.2) is 0 Å². The fourth-order valence-electron chi connectivity index (χ4n) is 2.16. The number of nitrogens with one attached hydrogen (secondary N) is 1. The standard InChI is InChI=1S/C14H27N3O2/c1-3-5-6-14(19)17-10-8-16(9-11-17)12-13(18)15-7-4-2/h3-12H2,1-2H3,(H,15,18). The van der Waals surface area contributed by atoms with Crippen molar-refractivity contribution in [3.63, 3.8) is 0 Å². The molecule has 1 rings (SSSR count). The molecule has 1 saturated heterocycles. The topological polar surface area (TPSA) is 52.7 Å². The van der Waals surface area contributed by atoms with Crippen LogP contribution in [-0.4, -0.2) is 60.9 Å². The molecule has 110 valence electrons. The summed E-state index contributed by atoms with van der Waals surface area (Å²) in [6.07, 6.45) is 3.65. The van der Waals surface area contributed by atoms with Gasteiger partial charge < -0.3 is 10.2 Å². The summed E-state index contributed by atoms with van der Waals surface area (Å²) in [5.74, 6) is 0.351. The molecule has 1 aliphatic rings. The maximum absolute atomic E-state index is 11.9. The Hall–Kier alpha value is -1.10. The molecule has 0 aromatic carbocycles. The number of hydrogen-bond donors (Lipinski definition) is 1. The van der Waals surface area contributed by atoms with E-state index in [1.54, 1.807) is 0 Å². The van der Waals surface area contributed by atoms with Gasteiger partial charge in [0.1, 0.15) is 0 Å². The lowest BCUT2D eigenvalue weighted by atomic mass is 10.2. The second kappa shape index (κ2) is 8.91. The van der Waals surface area contributed by atoms with E-state index in [0.29, 0.717) is 13.0 Å². The van der Waals surface area contributed by atoms with Crippen molar-refractivity contribution in [3.05, 3.63) is 0 Å². The minimum absolute atomic E-state index is 0.0904. The first-order valence-electron chi connectivity index (χ1n) is 7.44. The summed E-state index contributed by atoms with van der Waals surface area (Å²) in [6, 6.07) is 0. The largest absolute Gasteiger partial charge is 0.355 e. The summed E-state index contributed by atoms with van der Waals surface area (Å²) < 4.78 is 0. The van der Waals surface area contributed by atoms with Crippen LogP contribution in [0.2, 0.25) is 0 Å². The molecule has 1 heterocycles. The van der Waals surface area contributed by atoms with Gasteiger partial charge >= 0.3 is 0 Å². The van der Waals surface area contributed by atoms with E-state index in [9.17, 15) is 9.59 Å². The first-order valence-corrected chi connectivity index (χ1v) is 7.44. The van der Waals surface area contributed by atoms with Crippen LogP contribution in [0, 0.1) is 0 Å². The predicted molar refractivity (Wildman–Crippen MR) is 75.8 cm³/mol. The van der Waals surface area contributed by atoms with Crippen molar-refractivity contribution in [2.75, 3.05) is 39.3 Å². The van der Waals surface area contributed by atoms with Crippen LogP contribution in [0.15, 0.2) is 0 Å². The van der Waals surface area contributed by atoms with E-state index in [-0.39, 0.29) is 11.8 Å². The Morgan fingerprint density at radius 2 is 1.74 bits per heavy atom. The van der Waals surface area contributed by atoms with Gasteiger partial charge in [-0.15, -0.1) is 0 Å². The van der Waals surface area contributed by atoms with Crippen molar-refractivity contribution in [2.45, 2.75) is 39.5 Å². The molecule has 0 unspecified atom stereocenters. The van der Waals surface area contributed by atoms with Gasteiger partial charge in [0, 0.05) is 39.1 Å². The van der Waals surface area contributed by atoms with Crippen molar-refractivity contribution < 1.29 is 9.59 Å². The molecular weight excluding hydrogens is 242 g/mol. The van der Waals surface area contributed by atoms with Crippen molar-refractivity contribution in [2.24, 2.45) is 0 Å². The lowest BCUT2D eigenvalue weighted by molar-refractivity contribution is -0.133. The quantitative estimate of drug-likeness (QED) is 0.745. The van der Waals surface area contributed by atoms with Crippen LogP contribution in [0.1, 0.15) is 39.5 Å². The fourth-order valence-corrected chi connectivity index (χ4v) is 2.16. The molecule has 0 atom stereocenters. The second-order valence-electron chi connectivity index (χ2n) is 5.11. The van der Waals surface area contributed by atoms with E-state index < -0.39 is 0 Å². The molecule has 19 heavy (non-hydrogen) atoms. The molecule has 1 N–H and O–H groups in total. The summed E-state index contributed by atoms with van der Waals surface area (Å²) >= 11 is 0. The monoisotopic (exact) mass is 269 g/mol. The molecule has 5 heteroatoms. The van der Waals surface area contributed by atoms with Gasteiger partial charge in [-0.3, -0.25) is 14.5 Å². The molecule has 0 bridgehead atoms. The summed E-state index contributed by atoms with van der Waals surface area (Å²) in [6.45, 7) is 8.45. The van der Waals surface area contributed by atoms with Crippen LogP contribution in [0.3, 0.4) is 0 Å². The number of hydrogen-bond acceptors (Lipinski definition) is 3. The Labute approximate surface area is 116 Å². The number of nitrogens with zero attached hydrogens (tertiary/aromatic N) is 2. The molecule has 1 fully saturated rings. The van der Waals surface area contributed by atoms with Crippen LogP contribution in [0.25, 0.3) is 0 Å². The van der Waals surface area contributed by atoms with Gasteiger partial charge in [-0.2, -0.15) is 0 Å². The first-order chi connectivity index (χ1) is 9.17. The van der Waals surface area contributed by atoms with Gasteiger partial charge in [-0.25, -0.2) is 0 Å². The van der Waals surface area contributed by atoms with Crippen LogP contribution in [-0.2, 0) is 9.59 Å². The third-order valence-corrected chi connectivity index (χ3v) is 3.41. The van der Waals surface area contributed by atoms with E-state index in [2.05, 4.69) is 17.1 Å². The molecule has 2 amide bonds. The van der Waals surface area contributed by atoms with Gasteiger partial charge in [-0.05, 0) is 12.8 Å². The Balaban J connectivity index is 2.21. The molecule has 0 radical (unpaired) electrons. The average molecular weight is 269 g/mol. The number of carbonyl (C=O) groups is 2. The lowest BCUT2D eigenvalue weighted by Gasteiger charge is -2.34. The summed E-state index contributed by atoms with van der Waals surface area (Å²) in [5.41, 5.74) is 0. The van der Waals surface area contributed by atoms with Gasteiger partial charge in [0.2, 0.25) is 11.8 Å². The highest BCUT2D eigenvalue weighted by Crippen LogP contribution is 2.06. The van der Waals surface area contributed by atoms with E-state index in [1.807, 2.05) is 11.8 Å². The van der Waals surface area contributed by atoms with Gasteiger partial charge in [0.25, 0.3) is 0 Å². The smallest absolute Gasteiger partial charge is 0.234 e. The maximum atomic E-state index is 11.9. The van der Waals surface area contributed by atoms with E-state index in [1.165, 1.54) is 0 Å². The summed E-state index contributed by atoms with van der Waals surface area (Å²) in [4.78, 5) is 27.5. The zero-order valence-electron chi connectivity index (χ0n) is 12.3. The molecule has 0 spiro atoms. The Bertz CT molecular complexity index is 286. The van der Waals surface area contributed by atoms with Crippen LogP contribution in [0.5, 0.6) is 0 Å². The van der Waals surface area contributed by atoms with Crippen molar-refractivity contribution in [1.29, 1.82) is 0 Å². The third-order valence-electron chi connectivity index (χ3n) is 3.41. The molecule has 0 aromatic heterocycles. The number of amides is 2. The second-order valence-corrected chi connectivity index (χ2v) is 5.11. The van der Waals surface area contributed by atoms with E-state index >= 15 is 0 Å². The van der Waals surface area contributed by atoms with Gasteiger partial charge in [-0.1, -0.05) is 20.3 Å². The number of piperazine rings is 1. The zero-order chi connectivity index (χ0) is 14.1. The molecule has 0 aliphatic carbocycles. The first kappa shape index (κ1) is 16.0. The SMILES string of the molecule is CCCCC(=O)N1CCN(CC(=O)NCCC)CC1. The molecular formula is C14H27N3O2. The molecule has 0 aromatic rings. The van der Waals surface area contributed by atoms with Crippen LogP contribution in [0.4, 0.5) is 0 Å². The van der Waals surface area contributed by atoms with E-state index in [0.717, 1.165) is 52.0 Å². The number of rotatable bonds is 7. The molecule has 0 saturated carbocycles. The number of unbranched alkanes of at least 4 members (excludes halogenated alkanes) is 1. The highest BCUT2D eigenvalue weighted by atomic mass is 16.2. The zero-order valence-corrected chi connectivity index (χ0v) is 12.3. The summed E-state index contributed by atoms with van der Waals surface area (Å²) in [5, 5.41) is 2.88. The minimum atomic E-state index is 0.0904. The normalized spacial score (nSPS) is 16.4. The highest BCUT2D eigenvalue weighted by molar-refractivity contribution is 5.78. The van der Waals surface area contributed by atoms with E-state index in [4.69, 9.17) is 0 Å². The van der Waals surface area contributed by atoms with Gasteiger partial charge in [0.05, 0.1) is 6.54 Å². The molecule has 5 nitrogen and oxygen atoms in total. The Kier molecular flexibility index (Phi) is 7.48. The minimum Gasteiger partial charge on any atom is -0.355 e.